The first kappa shape index (κ1) is 23.4. The number of halogens is 2. The molecule has 0 atom stereocenters. The second kappa shape index (κ2) is 9.45. The molecule has 0 spiro atoms. The largest absolute Gasteiger partial charge is 0.477 e. The van der Waals surface area contributed by atoms with Gasteiger partial charge in [-0.05, 0) is 49.2 Å². The fraction of sp³-hybridized carbons (Fsp3) is 0.250. The average Bonchev–Trinajstić information content (AvgIpc) is 3.18. The van der Waals surface area contributed by atoms with E-state index in [-0.39, 0.29) is 18.3 Å². The van der Waals surface area contributed by atoms with Gasteiger partial charge in [0.25, 0.3) is 0 Å². The van der Waals surface area contributed by atoms with Crippen molar-refractivity contribution in [2.45, 2.75) is 26.5 Å². The Bertz CT molecular complexity index is 1420. The van der Waals surface area contributed by atoms with E-state index in [1.54, 1.807) is 18.2 Å². The molecular weight excluding hydrogens is 501 g/mol. The number of hydrogen-bond donors (Lipinski definition) is 0. The van der Waals surface area contributed by atoms with Crippen LogP contribution in [-0.2, 0) is 24.3 Å². The van der Waals surface area contributed by atoms with Crippen LogP contribution in [-0.4, -0.2) is 30.8 Å². The zero-order valence-corrected chi connectivity index (χ0v) is 21.1. The van der Waals surface area contributed by atoms with Crippen LogP contribution in [0.5, 0.6) is 17.2 Å². The number of nitrogens with zero attached hydrogens (tertiary/aromatic N) is 1. The molecule has 3 aliphatic heterocycles. The Kier molecular flexibility index (Phi) is 6.13. The molecule has 0 radical (unpaired) electrons. The van der Waals surface area contributed by atoms with Gasteiger partial charge in [0.15, 0.2) is 12.6 Å². The highest BCUT2D eigenvalue weighted by Gasteiger charge is 2.34. The monoisotopic (exact) mass is 523 g/mol. The minimum absolute atomic E-state index is 0.149. The molecule has 6 nitrogen and oxygen atoms in total. The molecule has 184 valence electrons. The lowest BCUT2D eigenvalue weighted by Gasteiger charge is -2.30. The predicted molar refractivity (Wildman–Crippen MR) is 137 cm³/mol. The number of rotatable bonds is 4. The summed E-state index contributed by atoms with van der Waals surface area (Å²) in [7, 11) is 0. The van der Waals surface area contributed by atoms with Crippen molar-refractivity contribution >= 4 is 35.1 Å². The van der Waals surface area contributed by atoms with E-state index >= 15 is 0 Å². The van der Waals surface area contributed by atoms with Gasteiger partial charge in [-0.3, -0.25) is 9.69 Å². The maximum absolute atomic E-state index is 13.4. The quantitative estimate of drug-likeness (QED) is 0.380. The second-order valence-electron chi connectivity index (χ2n) is 9.07. The van der Waals surface area contributed by atoms with Crippen molar-refractivity contribution in [3.8, 4) is 17.2 Å². The number of allylic oxidation sites excluding steroid dienone is 1. The minimum Gasteiger partial charge on any atom is -0.477 e. The summed E-state index contributed by atoms with van der Waals surface area (Å²) in [5, 5.41) is 1.31. The van der Waals surface area contributed by atoms with Crippen molar-refractivity contribution in [1.29, 1.82) is 0 Å². The first-order valence-electron chi connectivity index (χ1n) is 11.7. The first-order valence-corrected chi connectivity index (χ1v) is 12.5. The number of ketones is 1. The molecule has 0 N–H and O–H groups in total. The van der Waals surface area contributed by atoms with Crippen LogP contribution in [0.25, 0.3) is 6.08 Å². The van der Waals surface area contributed by atoms with E-state index in [0.29, 0.717) is 47.5 Å². The van der Waals surface area contributed by atoms with Gasteiger partial charge in [-0.1, -0.05) is 41.4 Å². The molecule has 3 aromatic carbocycles. The van der Waals surface area contributed by atoms with Crippen LogP contribution in [0.15, 0.2) is 48.2 Å². The van der Waals surface area contributed by atoms with E-state index in [2.05, 4.69) is 4.90 Å². The molecule has 36 heavy (non-hydrogen) atoms. The molecule has 3 heterocycles. The Balaban J connectivity index is 1.26. The van der Waals surface area contributed by atoms with E-state index in [1.165, 1.54) is 0 Å². The van der Waals surface area contributed by atoms with Crippen molar-refractivity contribution in [2.24, 2.45) is 0 Å². The molecule has 0 aliphatic carbocycles. The first-order chi connectivity index (χ1) is 17.5. The van der Waals surface area contributed by atoms with Crippen LogP contribution in [0.4, 0.5) is 0 Å². The number of carbonyl (C=O) groups excluding carboxylic acids is 1. The van der Waals surface area contributed by atoms with Crippen molar-refractivity contribution in [3.05, 3.63) is 91.6 Å². The number of hydrogen-bond acceptors (Lipinski definition) is 6. The molecule has 6 rings (SSSR count). The highest BCUT2D eigenvalue weighted by atomic mass is 35.5. The average molecular weight is 524 g/mol. The number of carbonyl (C=O) groups is 1. The summed E-state index contributed by atoms with van der Waals surface area (Å²) in [6.07, 6.45) is 2.50. The van der Waals surface area contributed by atoms with Gasteiger partial charge in [0.2, 0.25) is 5.78 Å². The zero-order valence-electron chi connectivity index (χ0n) is 19.6. The summed E-state index contributed by atoms with van der Waals surface area (Å²) in [5.41, 5.74) is 4.95. The van der Waals surface area contributed by atoms with Crippen molar-refractivity contribution < 1.29 is 23.7 Å². The molecule has 0 aromatic heterocycles. The van der Waals surface area contributed by atoms with Gasteiger partial charge in [0, 0.05) is 45.4 Å². The summed E-state index contributed by atoms with van der Waals surface area (Å²) >= 11 is 12.6. The van der Waals surface area contributed by atoms with E-state index < -0.39 is 0 Å². The number of benzene rings is 3. The third-order valence-corrected chi connectivity index (χ3v) is 7.23. The maximum Gasteiger partial charge on any atom is 0.231 e. The molecule has 0 bridgehead atoms. The van der Waals surface area contributed by atoms with Gasteiger partial charge >= 0.3 is 0 Å². The van der Waals surface area contributed by atoms with E-state index in [0.717, 1.165) is 46.0 Å². The van der Waals surface area contributed by atoms with Crippen LogP contribution in [0.1, 0.15) is 38.2 Å². The van der Waals surface area contributed by atoms with E-state index in [9.17, 15) is 4.79 Å². The number of ether oxygens (including phenoxy) is 4. The van der Waals surface area contributed by atoms with Crippen LogP contribution in [0.3, 0.4) is 0 Å². The maximum atomic E-state index is 13.4. The second-order valence-corrected chi connectivity index (χ2v) is 9.91. The highest BCUT2D eigenvalue weighted by Crippen LogP contribution is 2.44. The molecule has 0 fully saturated rings. The molecule has 0 unspecified atom stereocenters. The summed E-state index contributed by atoms with van der Waals surface area (Å²) in [5.74, 6) is 2.02. The van der Waals surface area contributed by atoms with Crippen molar-refractivity contribution in [3.63, 3.8) is 0 Å². The summed E-state index contributed by atoms with van der Waals surface area (Å²) in [4.78, 5) is 15.6. The molecule has 3 aliphatic rings. The predicted octanol–water partition coefficient (Wildman–Crippen LogP) is 6.18. The number of fused-ring (bicyclic) bond motifs is 3. The lowest BCUT2D eigenvalue weighted by Crippen LogP contribution is -2.34. The summed E-state index contributed by atoms with van der Waals surface area (Å²) < 4.78 is 23.2. The third kappa shape index (κ3) is 4.24. The Morgan fingerprint density at radius 3 is 2.75 bits per heavy atom. The molecule has 3 aromatic rings. The van der Waals surface area contributed by atoms with Crippen molar-refractivity contribution in [1.82, 2.24) is 4.90 Å². The lowest BCUT2D eigenvalue weighted by molar-refractivity contribution is -0.0165. The third-order valence-electron chi connectivity index (χ3n) is 6.65. The smallest absolute Gasteiger partial charge is 0.231 e. The topological polar surface area (TPSA) is 57.2 Å². The van der Waals surface area contributed by atoms with Gasteiger partial charge in [-0.2, -0.15) is 0 Å². The standard InChI is InChI=1S/C28H23Cl2NO5/c1-16-26-19(12-31(14-34-26)7-6-17-4-2-3-5-23(17)30)10-22-25(32)24(36-27(16)22)11-18-8-21(29)9-20-13-33-15-35-28(18)20/h2-5,8-11H,6-7,12-15H2,1H3/b24-11-. The Morgan fingerprint density at radius 2 is 1.89 bits per heavy atom. The summed E-state index contributed by atoms with van der Waals surface area (Å²) in [6, 6.07) is 13.3. The van der Waals surface area contributed by atoms with Gasteiger partial charge in [0.1, 0.15) is 24.0 Å². The molecule has 0 saturated heterocycles. The fourth-order valence-electron chi connectivity index (χ4n) is 4.88. The van der Waals surface area contributed by atoms with Crippen LogP contribution >= 0.6 is 23.2 Å². The van der Waals surface area contributed by atoms with Gasteiger partial charge in [-0.25, -0.2) is 0 Å². The van der Waals surface area contributed by atoms with Gasteiger partial charge in [-0.15, -0.1) is 0 Å². The van der Waals surface area contributed by atoms with Crippen LogP contribution in [0, 0.1) is 6.92 Å². The van der Waals surface area contributed by atoms with Gasteiger partial charge < -0.3 is 18.9 Å². The number of Topliss-reactive ketones (excluding diaryl/α,β-unsaturated/α-hetero) is 1. The Morgan fingerprint density at radius 1 is 1.03 bits per heavy atom. The highest BCUT2D eigenvalue weighted by molar-refractivity contribution is 6.31. The molecule has 8 heteroatoms. The van der Waals surface area contributed by atoms with Gasteiger partial charge in [0.05, 0.1) is 12.2 Å². The van der Waals surface area contributed by atoms with Crippen molar-refractivity contribution in [2.75, 3.05) is 20.1 Å². The van der Waals surface area contributed by atoms with E-state index in [4.69, 9.17) is 42.1 Å². The zero-order chi connectivity index (χ0) is 24.8. The Hall–Kier alpha value is -3.03. The van der Waals surface area contributed by atoms with Crippen LogP contribution in [0.2, 0.25) is 10.0 Å². The fourth-order valence-corrected chi connectivity index (χ4v) is 5.36. The molecule has 0 amide bonds. The SMILES string of the molecule is Cc1c2c(cc3c1O/C(=C\c1cc(Cl)cc4c1OCOC4)C3=O)CN(CCc1ccccc1Cl)CO2. The Labute approximate surface area is 218 Å². The van der Waals surface area contributed by atoms with E-state index in [1.807, 2.05) is 37.3 Å². The lowest BCUT2D eigenvalue weighted by atomic mass is 9.99. The van der Waals surface area contributed by atoms with Crippen LogP contribution < -0.4 is 14.2 Å². The summed E-state index contributed by atoms with van der Waals surface area (Å²) in [6.45, 7) is 4.40. The normalized spacial score (nSPS) is 17.6. The minimum atomic E-state index is -0.176. The molecular formula is C28H23Cl2NO5. The molecule has 0 saturated carbocycles.